The Balaban J connectivity index is 2.70. The Kier molecular flexibility index (Phi) is 4.73. The zero-order chi connectivity index (χ0) is 13.8. The normalized spacial score (nSPS) is 13.1. The molecule has 18 heavy (non-hydrogen) atoms. The molecule has 3 N–H and O–H groups in total. The lowest BCUT2D eigenvalue weighted by Gasteiger charge is -2.27. The predicted molar refractivity (Wildman–Crippen MR) is 72.4 cm³/mol. The van der Waals surface area contributed by atoms with Crippen LogP contribution in [0.2, 0.25) is 0 Å². The molecule has 0 aliphatic rings. The van der Waals surface area contributed by atoms with Crippen molar-refractivity contribution >= 4 is 5.91 Å². The lowest BCUT2D eigenvalue weighted by molar-refractivity contribution is -0.127. The summed E-state index contributed by atoms with van der Waals surface area (Å²) in [5.74, 6) is 0.153. The van der Waals surface area contributed by atoms with E-state index in [0.717, 1.165) is 12.1 Å². The molecular weight excluding hydrogens is 228 g/mol. The summed E-state index contributed by atoms with van der Waals surface area (Å²) in [5.41, 5.74) is 0.287. The van der Waals surface area contributed by atoms with Crippen LogP contribution in [0.1, 0.15) is 39.3 Å². The molecule has 0 fully saturated rings. The van der Waals surface area contributed by atoms with Gasteiger partial charge in [0.25, 0.3) is 0 Å². The number of carbonyl (C=O) groups is 1. The maximum Gasteiger partial charge on any atom is 0.240 e. The number of aromatic hydroxyl groups is 1. The molecule has 0 heterocycles. The minimum atomic E-state index is -0.597. The summed E-state index contributed by atoms with van der Waals surface area (Å²) in [7, 11) is 0. The van der Waals surface area contributed by atoms with E-state index in [2.05, 4.69) is 10.6 Å². The van der Waals surface area contributed by atoms with Gasteiger partial charge in [0.05, 0.1) is 11.6 Å². The first-order valence-corrected chi connectivity index (χ1v) is 6.21. The van der Waals surface area contributed by atoms with Crippen LogP contribution in [0.25, 0.3) is 0 Å². The second-order valence-electron chi connectivity index (χ2n) is 4.95. The van der Waals surface area contributed by atoms with E-state index in [0.29, 0.717) is 0 Å². The van der Waals surface area contributed by atoms with Gasteiger partial charge in [-0.2, -0.15) is 0 Å². The third-order valence-electron chi connectivity index (χ3n) is 2.90. The van der Waals surface area contributed by atoms with Crippen LogP contribution in [0, 0.1) is 0 Å². The quantitative estimate of drug-likeness (QED) is 0.748. The highest BCUT2D eigenvalue weighted by Crippen LogP contribution is 2.18. The Morgan fingerprint density at radius 3 is 2.67 bits per heavy atom. The van der Waals surface area contributed by atoms with Crippen molar-refractivity contribution in [3.63, 3.8) is 0 Å². The van der Waals surface area contributed by atoms with E-state index in [4.69, 9.17) is 0 Å². The van der Waals surface area contributed by atoms with Crippen LogP contribution in [-0.4, -0.2) is 23.1 Å². The topological polar surface area (TPSA) is 61.4 Å². The first kappa shape index (κ1) is 14.5. The third kappa shape index (κ3) is 3.74. The fourth-order valence-corrected chi connectivity index (χ4v) is 1.78. The molecule has 1 amide bonds. The highest BCUT2D eigenvalue weighted by atomic mass is 16.3. The summed E-state index contributed by atoms with van der Waals surface area (Å²) in [6.07, 6.45) is 0. The van der Waals surface area contributed by atoms with Crippen molar-refractivity contribution in [2.45, 2.75) is 39.3 Å². The molecule has 1 unspecified atom stereocenters. The average molecular weight is 250 g/mol. The molecule has 4 heteroatoms. The molecule has 0 saturated carbocycles. The molecule has 1 rings (SSSR count). The molecule has 1 aromatic carbocycles. The monoisotopic (exact) mass is 250 g/mol. The molecule has 0 aliphatic heterocycles. The highest BCUT2D eigenvalue weighted by molar-refractivity contribution is 5.85. The highest BCUT2D eigenvalue weighted by Gasteiger charge is 2.27. The van der Waals surface area contributed by atoms with Crippen molar-refractivity contribution in [3.05, 3.63) is 29.8 Å². The minimum Gasteiger partial charge on any atom is -0.508 e. The Labute approximate surface area is 108 Å². The molecule has 1 atom stereocenters. The first-order valence-electron chi connectivity index (χ1n) is 6.21. The fourth-order valence-electron chi connectivity index (χ4n) is 1.78. The maximum absolute atomic E-state index is 12.1. The molecule has 0 radical (unpaired) electrons. The molecule has 0 spiro atoms. The summed E-state index contributed by atoms with van der Waals surface area (Å²) < 4.78 is 0. The summed E-state index contributed by atoms with van der Waals surface area (Å²) in [6, 6.07) is 6.78. The Hall–Kier alpha value is -1.55. The van der Waals surface area contributed by atoms with Crippen LogP contribution >= 0.6 is 0 Å². The number of phenolic OH excluding ortho intramolecular Hbond substituents is 1. The number of hydrogen-bond donors (Lipinski definition) is 3. The van der Waals surface area contributed by atoms with E-state index < -0.39 is 5.54 Å². The van der Waals surface area contributed by atoms with Gasteiger partial charge in [-0.1, -0.05) is 19.1 Å². The van der Waals surface area contributed by atoms with Crippen LogP contribution in [0.5, 0.6) is 5.75 Å². The number of phenols is 1. The number of carbonyl (C=O) groups excluding carboxylic acids is 1. The summed E-state index contributed by atoms with van der Waals surface area (Å²) >= 11 is 0. The number of benzene rings is 1. The van der Waals surface area contributed by atoms with Gasteiger partial charge >= 0.3 is 0 Å². The van der Waals surface area contributed by atoms with Gasteiger partial charge in [-0.3, -0.25) is 4.79 Å². The predicted octanol–water partition coefficient (Wildman–Crippen LogP) is 1.96. The smallest absolute Gasteiger partial charge is 0.240 e. The zero-order valence-corrected chi connectivity index (χ0v) is 11.4. The molecular formula is C14H22N2O2. The molecule has 1 aromatic rings. The van der Waals surface area contributed by atoms with E-state index in [1.54, 1.807) is 18.2 Å². The first-order chi connectivity index (χ1) is 8.36. The Morgan fingerprint density at radius 1 is 1.44 bits per heavy atom. The zero-order valence-electron chi connectivity index (χ0n) is 11.4. The van der Waals surface area contributed by atoms with Gasteiger partial charge < -0.3 is 15.7 Å². The molecule has 4 nitrogen and oxygen atoms in total. The number of amides is 1. The van der Waals surface area contributed by atoms with Crippen LogP contribution in [0.4, 0.5) is 0 Å². The third-order valence-corrected chi connectivity index (χ3v) is 2.90. The maximum atomic E-state index is 12.1. The van der Waals surface area contributed by atoms with Crippen molar-refractivity contribution < 1.29 is 9.90 Å². The summed E-state index contributed by atoms with van der Waals surface area (Å²) in [6.45, 7) is 8.30. The lowest BCUT2D eigenvalue weighted by atomic mass is 10.0. The largest absolute Gasteiger partial charge is 0.508 e. The van der Waals surface area contributed by atoms with Gasteiger partial charge in [0.2, 0.25) is 5.91 Å². The average Bonchev–Trinajstić information content (AvgIpc) is 2.28. The summed E-state index contributed by atoms with van der Waals surface area (Å²) in [5, 5.41) is 15.5. The van der Waals surface area contributed by atoms with Gasteiger partial charge in [0.15, 0.2) is 0 Å². The van der Waals surface area contributed by atoms with E-state index in [1.165, 1.54) is 0 Å². The van der Waals surface area contributed by atoms with Crippen LogP contribution in [0.15, 0.2) is 24.3 Å². The van der Waals surface area contributed by atoms with Gasteiger partial charge in [0, 0.05) is 0 Å². The van der Waals surface area contributed by atoms with Crippen molar-refractivity contribution in [3.8, 4) is 5.75 Å². The second-order valence-corrected chi connectivity index (χ2v) is 4.95. The van der Waals surface area contributed by atoms with Gasteiger partial charge in [-0.25, -0.2) is 0 Å². The number of nitrogens with one attached hydrogen (secondary N) is 2. The van der Waals surface area contributed by atoms with Crippen molar-refractivity contribution in [1.29, 1.82) is 0 Å². The summed E-state index contributed by atoms with van der Waals surface area (Å²) in [4.78, 5) is 12.1. The van der Waals surface area contributed by atoms with E-state index in [-0.39, 0.29) is 17.7 Å². The molecule has 0 aromatic heterocycles. The van der Waals surface area contributed by atoms with Crippen molar-refractivity contribution in [2.24, 2.45) is 0 Å². The van der Waals surface area contributed by atoms with Crippen LogP contribution < -0.4 is 10.6 Å². The van der Waals surface area contributed by atoms with Crippen LogP contribution in [-0.2, 0) is 4.79 Å². The minimum absolute atomic E-state index is 0.0554. The Bertz CT molecular complexity index is 416. The number of likely N-dealkylation sites (N-methyl/N-ethyl adjacent to an activating group) is 1. The number of rotatable bonds is 5. The van der Waals surface area contributed by atoms with Gasteiger partial charge in [-0.05, 0) is 45.0 Å². The SMILES string of the molecule is CCNC(C)(C)C(=O)NC(C)c1cccc(O)c1. The molecule has 100 valence electrons. The van der Waals surface area contributed by atoms with Gasteiger partial charge in [0.1, 0.15) is 5.75 Å². The van der Waals surface area contributed by atoms with E-state index >= 15 is 0 Å². The lowest BCUT2D eigenvalue weighted by Crippen LogP contribution is -2.52. The van der Waals surface area contributed by atoms with E-state index in [1.807, 2.05) is 33.8 Å². The molecule has 0 saturated heterocycles. The molecule has 0 bridgehead atoms. The second kappa shape index (κ2) is 5.87. The molecule has 0 aliphatic carbocycles. The van der Waals surface area contributed by atoms with Gasteiger partial charge in [-0.15, -0.1) is 0 Å². The van der Waals surface area contributed by atoms with Crippen molar-refractivity contribution in [1.82, 2.24) is 10.6 Å². The standard InChI is InChI=1S/C14H22N2O2/c1-5-15-14(3,4)13(18)16-10(2)11-7-6-8-12(17)9-11/h6-10,15,17H,5H2,1-4H3,(H,16,18). The Morgan fingerprint density at radius 2 is 2.11 bits per heavy atom. The number of hydrogen-bond acceptors (Lipinski definition) is 3. The van der Waals surface area contributed by atoms with E-state index in [9.17, 15) is 9.90 Å². The van der Waals surface area contributed by atoms with Crippen LogP contribution in [0.3, 0.4) is 0 Å². The van der Waals surface area contributed by atoms with Crippen molar-refractivity contribution in [2.75, 3.05) is 6.54 Å². The fraction of sp³-hybridized carbons (Fsp3) is 0.500.